The molecule has 2 heterocycles. The molecule has 0 radical (unpaired) electrons. The maximum absolute atomic E-state index is 12.7. The number of nitrogens with zero attached hydrogens (tertiary/aromatic N) is 2. The van der Waals surface area contributed by atoms with E-state index in [-0.39, 0.29) is 22.8 Å². The molecule has 1 spiro atoms. The lowest BCUT2D eigenvalue weighted by atomic mass is 9.69. The van der Waals surface area contributed by atoms with Crippen LogP contribution in [0.5, 0.6) is 11.5 Å². The minimum atomic E-state index is -0.589. The van der Waals surface area contributed by atoms with E-state index in [0.717, 1.165) is 25.3 Å². The molecule has 8 heteroatoms. The van der Waals surface area contributed by atoms with Crippen molar-refractivity contribution >= 4 is 11.7 Å². The van der Waals surface area contributed by atoms with Crippen LogP contribution in [0, 0.1) is 10.1 Å². The van der Waals surface area contributed by atoms with Gasteiger partial charge in [-0.15, -0.1) is 0 Å². The molecule has 3 atom stereocenters. The first-order valence-corrected chi connectivity index (χ1v) is 10.6. The molecule has 32 heavy (non-hydrogen) atoms. The molecule has 8 nitrogen and oxygen atoms in total. The second kappa shape index (κ2) is 7.63. The molecule has 3 aliphatic rings. The van der Waals surface area contributed by atoms with Crippen LogP contribution in [0.4, 0.5) is 5.69 Å². The molecular weight excluding hydrogens is 412 g/mol. The van der Waals surface area contributed by atoms with Gasteiger partial charge in [-0.05, 0) is 43.8 Å². The molecule has 166 valence electrons. The molecule has 0 N–H and O–H groups in total. The van der Waals surface area contributed by atoms with E-state index in [1.807, 2.05) is 12.1 Å². The average Bonchev–Trinajstić information content (AvgIpc) is 3.05. The van der Waals surface area contributed by atoms with Crippen molar-refractivity contribution in [2.75, 3.05) is 20.7 Å². The van der Waals surface area contributed by atoms with Gasteiger partial charge in [0, 0.05) is 30.7 Å². The van der Waals surface area contributed by atoms with Gasteiger partial charge in [0.15, 0.2) is 11.5 Å². The molecule has 5 rings (SSSR count). The molecule has 0 fully saturated rings. The van der Waals surface area contributed by atoms with Crippen LogP contribution in [-0.4, -0.2) is 48.7 Å². The van der Waals surface area contributed by atoms with Crippen LogP contribution in [0.1, 0.15) is 34.3 Å². The Morgan fingerprint density at radius 2 is 2.16 bits per heavy atom. The highest BCUT2D eigenvalue weighted by Crippen LogP contribution is 2.55. The van der Waals surface area contributed by atoms with Gasteiger partial charge < -0.3 is 19.1 Å². The fourth-order valence-corrected chi connectivity index (χ4v) is 5.10. The van der Waals surface area contributed by atoms with E-state index < -0.39 is 17.0 Å². The second-order valence-corrected chi connectivity index (χ2v) is 8.61. The summed E-state index contributed by atoms with van der Waals surface area (Å²) in [6, 6.07) is 9.63. The minimum absolute atomic E-state index is 0.144. The van der Waals surface area contributed by atoms with Crippen molar-refractivity contribution in [2.45, 2.75) is 37.0 Å². The Balaban J connectivity index is 1.44. The van der Waals surface area contributed by atoms with Gasteiger partial charge in [0.1, 0.15) is 12.2 Å². The van der Waals surface area contributed by atoms with Crippen LogP contribution in [-0.2, 0) is 16.7 Å². The predicted molar refractivity (Wildman–Crippen MR) is 116 cm³/mol. The van der Waals surface area contributed by atoms with Crippen molar-refractivity contribution in [1.29, 1.82) is 0 Å². The van der Waals surface area contributed by atoms with Crippen molar-refractivity contribution in [2.24, 2.45) is 0 Å². The van der Waals surface area contributed by atoms with Crippen LogP contribution in [0.25, 0.3) is 0 Å². The normalized spacial score (nSPS) is 25.8. The number of carbonyl (C=O) groups is 1. The summed E-state index contributed by atoms with van der Waals surface area (Å²) in [4.78, 5) is 25.5. The van der Waals surface area contributed by atoms with Crippen molar-refractivity contribution in [1.82, 2.24) is 4.90 Å². The molecule has 2 aliphatic heterocycles. The maximum Gasteiger partial charge on any atom is 0.338 e. The zero-order valence-corrected chi connectivity index (χ0v) is 17.9. The van der Waals surface area contributed by atoms with E-state index >= 15 is 0 Å². The quantitative estimate of drug-likeness (QED) is 0.313. The zero-order valence-electron chi connectivity index (χ0n) is 17.9. The van der Waals surface area contributed by atoms with Gasteiger partial charge in [0.25, 0.3) is 5.69 Å². The molecule has 0 saturated heterocycles. The molecule has 0 amide bonds. The fraction of sp³-hybridized carbons (Fsp3) is 0.375. The van der Waals surface area contributed by atoms with Crippen molar-refractivity contribution < 1.29 is 23.9 Å². The molecular formula is C24H24N2O6. The molecule has 2 aromatic rings. The third kappa shape index (κ3) is 3.22. The van der Waals surface area contributed by atoms with Gasteiger partial charge in [-0.25, -0.2) is 4.79 Å². The lowest BCUT2D eigenvalue weighted by molar-refractivity contribution is -0.384. The summed E-state index contributed by atoms with van der Waals surface area (Å²) in [5.74, 6) is 0.898. The number of non-ortho nitro benzene ring substituents is 1. The van der Waals surface area contributed by atoms with E-state index in [0.29, 0.717) is 12.2 Å². The monoisotopic (exact) mass is 436 g/mol. The average molecular weight is 436 g/mol. The van der Waals surface area contributed by atoms with Crippen LogP contribution in [0.15, 0.2) is 48.6 Å². The number of hydrogen-bond donors (Lipinski definition) is 0. The molecule has 1 aliphatic carbocycles. The largest absolute Gasteiger partial charge is 0.493 e. The van der Waals surface area contributed by atoms with Crippen LogP contribution < -0.4 is 9.47 Å². The summed E-state index contributed by atoms with van der Waals surface area (Å²) >= 11 is 0. The summed E-state index contributed by atoms with van der Waals surface area (Å²) in [5, 5.41) is 11.0. The number of methoxy groups -OCH3 is 1. The predicted octanol–water partition coefficient (Wildman–Crippen LogP) is 3.62. The number of hydrogen-bond acceptors (Lipinski definition) is 7. The molecule has 1 unspecified atom stereocenters. The van der Waals surface area contributed by atoms with E-state index in [1.165, 1.54) is 35.4 Å². The van der Waals surface area contributed by atoms with Gasteiger partial charge in [-0.2, -0.15) is 0 Å². The molecule has 2 aromatic carbocycles. The Bertz CT molecular complexity index is 1130. The summed E-state index contributed by atoms with van der Waals surface area (Å²) in [6.07, 6.45) is 4.77. The number of nitro benzene ring substituents is 1. The highest BCUT2D eigenvalue weighted by molar-refractivity contribution is 5.90. The Kier molecular flexibility index (Phi) is 4.89. The number of nitro groups is 1. The van der Waals surface area contributed by atoms with E-state index in [1.54, 1.807) is 7.11 Å². The molecule has 0 bridgehead atoms. The maximum atomic E-state index is 12.7. The smallest absolute Gasteiger partial charge is 0.338 e. The van der Waals surface area contributed by atoms with Gasteiger partial charge in [0.05, 0.1) is 23.0 Å². The van der Waals surface area contributed by atoms with E-state index in [9.17, 15) is 14.9 Å². The first-order chi connectivity index (χ1) is 15.4. The Morgan fingerprint density at radius 3 is 2.94 bits per heavy atom. The number of benzene rings is 2. The summed E-state index contributed by atoms with van der Waals surface area (Å²) in [6.45, 7) is 1.75. The highest BCUT2D eigenvalue weighted by atomic mass is 16.6. The SMILES string of the molecule is COc1ccc2c3c1O[C@H]1CC(OC(=O)c4cccc([N+](=O)[O-])c4)C=C[C@@]31CCN(C)C2. The number of rotatable bonds is 4. The third-order valence-corrected chi connectivity index (χ3v) is 6.68. The Morgan fingerprint density at radius 1 is 1.31 bits per heavy atom. The first kappa shape index (κ1) is 20.5. The summed E-state index contributed by atoms with van der Waals surface area (Å²) < 4.78 is 17.7. The number of esters is 1. The van der Waals surface area contributed by atoms with Gasteiger partial charge in [0.2, 0.25) is 0 Å². The van der Waals surface area contributed by atoms with E-state index in [4.69, 9.17) is 14.2 Å². The van der Waals surface area contributed by atoms with Gasteiger partial charge in [-0.3, -0.25) is 10.1 Å². The summed E-state index contributed by atoms with van der Waals surface area (Å²) in [5.41, 5.74) is 2.11. The third-order valence-electron chi connectivity index (χ3n) is 6.68. The van der Waals surface area contributed by atoms with Gasteiger partial charge >= 0.3 is 5.97 Å². The highest BCUT2D eigenvalue weighted by Gasteiger charge is 2.53. The van der Waals surface area contributed by atoms with Gasteiger partial charge in [-0.1, -0.05) is 18.2 Å². The second-order valence-electron chi connectivity index (χ2n) is 8.61. The van der Waals surface area contributed by atoms with Crippen molar-refractivity contribution in [3.63, 3.8) is 0 Å². The molecule has 0 saturated carbocycles. The fourth-order valence-electron chi connectivity index (χ4n) is 5.10. The Labute approximate surface area is 185 Å². The topological polar surface area (TPSA) is 91.1 Å². The number of carbonyl (C=O) groups excluding carboxylic acids is 1. The lowest BCUT2D eigenvalue weighted by Gasteiger charge is -2.36. The first-order valence-electron chi connectivity index (χ1n) is 10.6. The zero-order chi connectivity index (χ0) is 22.5. The van der Waals surface area contributed by atoms with E-state index in [2.05, 4.69) is 24.1 Å². The number of ether oxygens (including phenoxy) is 3. The minimum Gasteiger partial charge on any atom is -0.493 e. The van der Waals surface area contributed by atoms with Crippen LogP contribution in [0.3, 0.4) is 0 Å². The summed E-state index contributed by atoms with van der Waals surface area (Å²) in [7, 11) is 3.75. The standard InChI is InChI=1S/C24H24N2O6/c1-25-11-10-24-9-8-18(31-23(27)15-4-3-5-17(12-15)26(28)29)13-20(24)32-22-19(30-2)7-6-16(14-25)21(22)24/h3-9,12,18,20H,10-11,13-14H2,1-2H3/t18?,20-,24-/m0/s1. The van der Waals surface area contributed by atoms with Crippen LogP contribution in [0.2, 0.25) is 0 Å². The Hall–Kier alpha value is -3.39. The molecule has 0 aromatic heterocycles. The van der Waals surface area contributed by atoms with Crippen molar-refractivity contribution in [3.05, 3.63) is 75.4 Å². The van der Waals surface area contributed by atoms with Crippen LogP contribution >= 0.6 is 0 Å². The lowest BCUT2D eigenvalue weighted by Crippen LogP contribution is -2.43. The van der Waals surface area contributed by atoms with Crippen molar-refractivity contribution in [3.8, 4) is 11.5 Å².